The van der Waals surface area contributed by atoms with Crippen LogP contribution in [0.5, 0.6) is 0 Å². The Labute approximate surface area is 101 Å². The Hall–Kier alpha value is -2.22. The van der Waals surface area contributed by atoms with Crippen LogP contribution in [0.4, 0.5) is 5.69 Å². The number of hydrogen-bond donors (Lipinski definition) is 1. The molecule has 1 aliphatic heterocycles. The van der Waals surface area contributed by atoms with Crippen LogP contribution in [0.15, 0.2) is 73.1 Å². The van der Waals surface area contributed by atoms with Gasteiger partial charge in [-0.1, -0.05) is 48.5 Å². The smallest absolute Gasteiger partial charge is 0.129 e. The summed E-state index contributed by atoms with van der Waals surface area (Å²) in [5.74, 6) is 0. The van der Waals surface area contributed by atoms with E-state index < -0.39 is 0 Å². The van der Waals surface area contributed by atoms with Crippen molar-refractivity contribution in [3.8, 4) is 0 Å². The molecule has 0 saturated heterocycles. The highest BCUT2D eigenvalue weighted by Crippen LogP contribution is 2.28. The molecule has 3 rings (SSSR count). The van der Waals surface area contributed by atoms with Crippen LogP contribution in [-0.4, -0.2) is 0 Å². The van der Waals surface area contributed by atoms with Gasteiger partial charge in [0.2, 0.25) is 0 Å². The Morgan fingerprint density at radius 3 is 2.18 bits per heavy atom. The molecule has 2 aromatic rings. The highest BCUT2D eigenvalue weighted by molar-refractivity contribution is 5.53. The van der Waals surface area contributed by atoms with Crippen LogP contribution in [0.2, 0.25) is 0 Å². The third-order valence-corrected chi connectivity index (χ3v) is 2.94. The molecule has 0 aromatic heterocycles. The molecule has 0 bridgehead atoms. The van der Waals surface area contributed by atoms with E-state index in [2.05, 4.69) is 64.9 Å². The summed E-state index contributed by atoms with van der Waals surface area (Å²) in [4.78, 5) is 2.23. The first kappa shape index (κ1) is 9.97. The van der Waals surface area contributed by atoms with Crippen LogP contribution >= 0.6 is 0 Å². The number of hydrogen-bond acceptors (Lipinski definition) is 2. The summed E-state index contributed by atoms with van der Waals surface area (Å²) in [6.07, 6.45) is 4.26. The number of nitrogens with zero attached hydrogens (tertiary/aromatic N) is 1. The quantitative estimate of drug-likeness (QED) is 0.839. The maximum Gasteiger partial charge on any atom is 0.129 e. The van der Waals surface area contributed by atoms with Crippen molar-refractivity contribution in [2.45, 2.75) is 6.17 Å². The third-order valence-electron chi connectivity index (χ3n) is 2.94. The van der Waals surface area contributed by atoms with Gasteiger partial charge in [0, 0.05) is 18.1 Å². The van der Waals surface area contributed by atoms with E-state index in [4.69, 9.17) is 0 Å². The van der Waals surface area contributed by atoms with Gasteiger partial charge in [-0.2, -0.15) is 0 Å². The molecule has 0 spiro atoms. The average Bonchev–Trinajstić information content (AvgIpc) is 2.90. The zero-order chi connectivity index (χ0) is 11.5. The number of anilines is 1. The van der Waals surface area contributed by atoms with Gasteiger partial charge in [0.25, 0.3) is 0 Å². The van der Waals surface area contributed by atoms with Crippen molar-refractivity contribution < 1.29 is 0 Å². The van der Waals surface area contributed by atoms with Crippen LogP contribution in [0, 0.1) is 0 Å². The minimum Gasteiger partial charge on any atom is -0.366 e. The first-order chi connectivity index (χ1) is 8.45. The van der Waals surface area contributed by atoms with Crippen molar-refractivity contribution in [3.63, 3.8) is 0 Å². The third kappa shape index (κ3) is 1.89. The van der Waals surface area contributed by atoms with Crippen molar-refractivity contribution in [1.82, 2.24) is 5.32 Å². The van der Waals surface area contributed by atoms with E-state index in [1.165, 1.54) is 11.3 Å². The van der Waals surface area contributed by atoms with Crippen LogP contribution in [-0.2, 0) is 0 Å². The lowest BCUT2D eigenvalue weighted by atomic mass is 10.1. The maximum absolute atomic E-state index is 3.37. The summed E-state index contributed by atoms with van der Waals surface area (Å²) in [5.41, 5.74) is 2.46. The fourth-order valence-electron chi connectivity index (χ4n) is 2.11. The van der Waals surface area contributed by atoms with Gasteiger partial charge in [-0.3, -0.25) is 0 Å². The van der Waals surface area contributed by atoms with Crippen LogP contribution in [0.3, 0.4) is 0 Å². The molecule has 2 nitrogen and oxygen atoms in total. The van der Waals surface area contributed by atoms with Gasteiger partial charge in [0.1, 0.15) is 6.17 Å². The molecule has 2 aromatic carbocycles. The molecule has 17 heavy (non-hydrogen) atoms. The molecule has 1 aliphatic rings. The lowest BCUT2D eigenvalue weighted by Gasteiger charge is -2.26. The second kappa shape index (κ2) is 4.34. The fourth-order valence-corrected chi connectivity index (χ4v) is 2.11. The zero-order valence-electron chi connectivity index (χ0n) is 9.45. The number of benzene rings is 2. The molecule has 1 heterocycles. The second-order valence-corrected chi connectivity index (χ2v) is 4.04. The number of rotatable bonds is 2. The highest BCUT2D eigenvalue weighted by Gasteiger charge is 2.21. The van der Waals surface area contributed by atoms with Crippen molar-refractivity contribution in [2.75, 3.05) is 4.90 Å². The van der Waals surface area contributed by atoms with Crippen LogP contribution < -0.4 is 10.2 Å². The predicted molar refractivity (Wildman–Crippen MR) is 70.4 cm³/mol. The molecule has 0 fully saturated rings. The first-order valence-corrected chi connectivity index (χ1v) is 5.76. The Morgan fingerprint density at radius 1 is 0.824 bits per heavy atom. The molecule has 0 aliphatic carbocycles. The molecule has 0 amide bonds. The lowest BCUT2D eigenvalue weighted by Crippen LogP contribution is -2.26. The molecule has 84 valence electrons. The van der Waals surface area contributed by atoms with Crippen molar-refractivity contribution in [1.29, 1.82) is 0 Å². The molecular formula is C15H14N2. The Kier molecular flexibility index (Phi) is 2.54. The molecule has 2 heteroatoms. The summed E-state index contributed by atoms with van der Waals surface area (Å²) in [5, 5.41) is 3.37. The SMILES string of the molecule is C1=CN(c2ccccc2)C(c2ccccc2)N1. The molecule has 0 saturated carbocycles. The molecule has 1 N–H and O–H groups in total. The van der Waals surface area contributed by atoms with Crippen molar-refractivity contribution in [3.05, 3.63) is 78.6 Å². The predicted octanol–water partition coefficient (Wildman–Crippen LogP) is 3.27. The van der Waals surface area contributed by atoms with Gasteiger partial charge in [-0.15, -0.1) is 0 Å². The maximum atomic E-state index is 3.37. The van der Waals surface area contributed by atoms with Crippen molar-refractivity contribution in [2.24, 2.45) is 0 Å². The van der Waals surface area contributed by atoms with Gasteiger partial charge in [-0.05, 0) is 17.7 Å². The minimum atomic E-state index is 0.193. The van der Waals surface area contributed by atoms with E-state index in [-0.39, 0.29) is 6.17 Å². The Morgan fingerprint density at radius 2 is 1.47 bits per heavy atom. The highest BCUT2D eigenvalue weighted by atomic mass is 15.3. The number of para-hydroxylation sites is 1. The normalized spacial score (nSPS) is 18.1. The summed E-state index contributed by atoms with van der Waals surface area (Å²) in [7, 11) is 0. The van der Waals surface area contributed by atoms with Gasteiger partial charge in [0.05, 0.1) is 0 Å². The molecular weight excluding hydrogens is 208 g/mol. The largest absolute Gasteiger partial charge is 0.366 e. The van der Waals surface area contributed by atoms with E-state index in [0.717, 1.165) is 0 Å². The van der Waals surface area contributed by atoms with Crippen LogP contribution in [0.1, 0.15) is 11.7 Å². The van der Waals surface area contributed by atoms with E-state index in [1.807, 2.05) is 18.3 Å². The molecule has 0 radical (unpaired) electrons. The zero-order valence-corrected chi connectivity index (χ0v) is 9.45. The summed E-state index contributed by atoms with van der Waals surface area (Å²) < 4.78 is 0. The lowest BCUT2D eigenvalue weighted by molar-refractivity contribution is 0.668. The van der Waals surface area contributed by atoms with Gasteiger partial charge in [0.15, 0.2) is 0 Å². The van der Waals surface area contributed by atoms with Crippen LogP contribution in [0.25, 0.3) is 0 Å². The Bertz CT molecular complexity index is 505. The average molecular weight is 222 g/mol. The summed E-state index contributed by atoms with van der Waals surface area (Å²) in [6, 6.07) is 20.8. The van der Waals surface area contributed by atoms with E-state index in [1.54, 1.807) is 0 Å². The number of nitrogens with one attached hydrogen (secondary N) is 1. The standard InChI is InChI=1S/C15H14N2/c1-3-7-13(8-4-1)15-16-11-12-17(15)14-9-5-2-6-10-14/h1-12,15-16H. The van der Waals surface area contributed by atoms with Gasteiger partial charge < -0.3 is 10.2 Å². The Balaban J connectivity index is 1.93. The summed E-state index contributed by atoms with van der Waals surface area (Å²) >= 11 is 0. The van der Waals surface area contributed by atoms with Crippen molar-refractivity contribution >= 4 is 5.69 Å². The monoisotopic (exact) mass is 222 g/mol. The molecule has 1 unspecified atom stereocenters. The topological polar surface area (TPSA) is 15.3 Å². The second-order valence-electron chi connectivity index (χ2n) is 4.04. The van der Waals surface area contributed by atoms with E-state index in [0.29, 0.717) is 0 Å². The van der Waals surface area contributed by atoms with Gasteiger partial charge in [-0.25, -0.2) is 0 Å². The van der Waals surface area contributed by atoms with E-state index >= 15 is 0 Å². The minimum absolute atomic E-state index is 0.193. The van der Waals surface area contributed by atoms with Gasteiger partial charge >= 0.3 is 0 Å². The first-order valence-electron chi connectivity index (χ1n) is 5.76. The summed E-state index contributed by atoms with van der Waals surface area (Å²) in [6.45, 7) is 0. The van der Waals surface area contributed by atoms with E-state index in [9.17, 15) is 0 Å². The molecule has 1 atom stereocenters. The fraction of sp³-hybridized carbons (Fsp3) is 0.0667.